The molecule has 0 unspecified atom stereocenters. The van der Waals surface area contributed by atoms with E-state index in [1.807, 2.05) is 0 Å². The first kappa shape index (κ1) is 21.2. The highest BCUT2D eigenvalue weighted by Crippen LogP contribution is 2.46. The van der Waals surface area contributed by atoms with Crippen LogP contribution in [-0.2, 0) is 0 Å². The number of methoxy groups -OCH3 is 1. The Bertz CT molecular complexity index is 1000. The highest BCUT2D eigenvalue weighted by atomic mass is 32.3. The second kappa shape index (κ2) is 8.57. The minimum Gasteiger partial charge on any atom is -0.492 e. The first-order chi connectivity index (χ1) is 14.9. The van der Waals surface area contributed by atoms with Gasteiger partial charge in [-0.25, -0.2) is 9.97 Å². The number of carbonyl (C=O) groups is 1. The highest BCUT2D eigenvalue weighted by Gasteiger charge is 2.28. The Balaban J connectivity index is 1.41. The second-order valence-electron chi connectivity index (χ2n) is 7.30. The van der Waals surface area contributed by atoms with Crippen molar-refractivity contribution < 1.29 is 23.4 Å². The number of rotatable bonds is 5. The van der Waals surface area contributed by atoms with Crippen LogP contribution in [0.5, 0.6) is 11.8 Å². The number of amides is 1. The van der Waals surface area contributed by atoms with Crippen LogP contribution in [0, 0.1) is 5.92 Å². The molecule has 0 radical (unpaired) electrons. The summed E-state index contributed by atoms with van der Waals surface area (Å²) < 4.78 is 36.8. The maximum Gasteiger partial charge on any atom is 0.316 e. The second-order valence-corrected chi connectivity index (χ2v) is 8.73. The number of piperidine rings is 1. The van der Waals surface area contributed by atoms with Crippen molar-refractivity contribution in [2.75, 3.05) is 31.5 Å². The van der Waals surface area contributed by atoms with Crippen LogP contribution in [0.15, 0.2) is 35.0 Å². The van der Waals surface area contributed by atoms with E-state index in [0.29, 0.717) is 42.3 Å². The predicted molar refractivity (Wildman–Crippen MR) is 116 cm³/mol. The third kappa shape index (κ3) is 4.65. The van der Waals surface area contributed by atoms with Gasteiger partial charge in [-0.15, -0.1) is 4.40 Å². The van der Waals surface area contributed by atoms with E-state index in [1.54, 1.807) is 23.1 Å². The molecule has 0 aliphatic carbocycles. The van der Waals surface area contributed by atoms with Crippen molar-refractivity contribution in [2.45, 2.75) is 12.8 Å². The van der Waals surface area contributed by atoms with E-state index in [-0.39, 0.29) is 23.7 Å². The summed E-state index contributed by atoms with van der Waals surface area (Å²) in [5.41, 5.74) is 7.29. The zero-order valence-electron chi connectivity index (χ0n) is 16.9. The molecule has 1 atom stereocenters. The third-order valence-electron chi connectivity index (χ3n) is 5.09. The van der Waals surface area contributed by atoms with E-state index in [9.17, 15) is 13.9 Å². The van der Waals surface area contributed by atoms with Crippen molar-refractivity contribution in [1.29, 1.82) is 0 Å². The van der Waals surface area contributed by atoms with Gasteiger partial charge in [-0.05, 0) is 35.9 Å². The molecule has 1 aromatic heterocycles. The van der Waals surface area contributed by atoms with Crippen LogP contribution in [0.2, 0.25) is 0 Å². The van der Waals surface area contributed by atoms with Gasteiger partial charge in [-0.2, -0.15) is 0 Å². The Morgan fingerprint density at radius 3 is 2.87 bits per heavy atom. The van der Waals surface area contributed by atoms with Gasteiger partial charge in [0.25, 0.3) is 5.91 Å². The summed E-state index contributed by atoms with van der Waals surface area (Å²) in [4.78, 5) is 22.6. The molecule has 166 valence electrons. The number of aromatic nitrogens is 2. The van der Waals surface area contributed by atoms with Crippen molar-refractivity contribution in [1.82, 2.24) is 14.9 Å². The fourth-order valence-electron chi connectivity index (χ4n) is 3.66. The summed E-state index contributed by atoms with van der Waals surface area (Å²) in [6.45, 7) is 1.58. The van der Waals surface area contributed by atoms with E-state index in [2.05, 4.69) is 19.1 Å². The van der Waals surface area contributed by atoms with Crippen LogP contribution in [0.25, 0.3) is 0 Å². The van der Waals surface area contributed by atoms with E-state index in [1.165, 1.54) is 19.5 Å². The van der Waals surface area contributed by atoms with Gasteiger partial charge < -0.3 is 20.1 Å². The fourth-order valence-corrected chi connectivity index (χ4v) is 4.54. The molecule has 1 fully saturated rings. The Hall–Kier alpha value is -3.09. The van der Waals surface area contributed by atoms with Crippen molar-refractivity contribution in [2.24, 2.45) is 16.0 Å². The number of benzene rings is 1. The lowest BCUT2D eigenvalue weighted by molar-refractivity contribution is 0.0632. The van der Waals surface area contributed by atoms with E-state index in [4.69, 9.17) is 15.2 Å². The highest BCUT2D eigenvalue weighted by molar-refractivity contribution is 8.24. The molecule has 2 aliphatic heterocycles. The Kier molecular flexibility index (Phi) is 5.85. The van der Waals surface area contributed by atoms with Crippen LogP contribution in [0.3, 0.4) is 0 Å². The molecule has 4 rings (SSSR count). The number of nitrogens with one attached hydrogen (secondary N) is 1. The van der Waals surface area contributed by atoms with Gasteiger partial charge in [0, 0.05) is 31.4 Å². The molecule has 31 heavy (non-hydrogen) atoms. The quantitative estimate of drug-likeness (QED) is 0.538. The van der Waals surface area contributed by atoms with Gasteiger partial charge in [-0.3, -0.25) is 18.6 Å². The third-order valence-corrected chi connectivity index (χ3v) is 6.04. The van der Waals surface area contributed by atoms with Crippen molar-refractivity contribution in [3.05, 3.63) is 41.7 Å². The number of carbonyl (C=O) groups excluding carboxylic acids is 1. The average Bonchev–Trinajstić information content (AvgIpc) is 2.76. The zero-order chi connectivity index (χ0) is 22.0. The lowest BCUT2D eigenvalue weighted by Crippen LogP contribution is -2.41. The summed E-state index contributed by atoms with van der Waals surface area (Å²) in [6.07, 6.45) is 4.70. The molecular formula is C19H24N6O5S. The lowest BCUT2D eigenvalue weighted by atomic mass is 9.98. The number of hydrogen-bond acceptors (Lipinski definition) is 10. The fraction of sp³-hybridized carbons (Fsp3) is 0.368. The number of hydrogen-bond donors (Lipinski definition) is 4. The van der Waals surface area contributed by atoms with E-state index in [0.717, 1.165) is 12.8 Å². The predicted octanol–water partition coefficient (Wildman–Crippen LogP) is 2.13. The number of anilines is 1. The Morgan fingerprint density at radius 1 is 1.35 bits per heavy atom. The summed E-state index contributed by atoms with van der Waals surface area (Å²) >= 11 is 0. The molecule has 2 aliphatic rings. The van der Waals surface area contributed by atoms with E-state index >= 15 is 0 Å². The monoisotopic (exact) mass is 448 g/mol. The van der Waals surface area contributed by atoms with Crippen molar-refractivity contribution in [3.63, 3.8) is 0 Å². The molecule has 2 aromatic rings. The molecule has 1 saturated heterocycles. The number of ether oxygens (including phenoxy) is 2. The Labute approximate surface area is 180 Å². The number of fused-ring (bicyclic) bond motifs is 1. The molecule has 11 nitrogen and oxygen atoms in total. The van der Waals surface area contributed by atoms with Crippen LogP contribution < -0.4 is 19.9 Å². The Morgan fingerprint density at radius 2 is 2.13 bits per heavy atom. The van der Waals surface area contributed by atoms with Crippen LogP contribution >= 0.6 is 11.0 Å². The standard InChI is InChI=1S/C19H24N6O5S/c1-29-19-21-8-13(9-22-19)18(26)25-7-3-4-12(10-25)11-30-15-6-2-5-14-16(15)17(20)24-31(27,28)23-14/h2,5-6,8-9,12,23,27-28H,3-4,7,10-11H2,1H3,(H2,20,24)/t12-/m0/s1. The molecule has 0 spiro atoms. The normalized spacial score (nSPS) is 20.7. The van der Waals surface area contributed by atoms with Crippen molar-refractivity contribution in [3.8, 4) is 11.8 Å². The molecule has 0 bridgehead atoms. The zero-order valence-corrected chi connectivity index (χ0v) is 17.7. The molecule has 3 heterocycles. The number of amidine groups is 1. The molecular weight excluding hydrogens is 424 g/mol. The molecule has 5 N–H and O–H groups in total. The SMILES string of the molecule is COc1ncc(C(=O)N2CCC[C@H](COc3cccc4c3C(N)=NS(O)(O)N4)C2)cn1. The minimum absolute atomic E-state index is 0.00399. The smallest absolute Gasteiger partial charge is 0.316 e. The first-order valence-corrected chi connectivity index (χ1v) is 11.2. The average molecular weight is 449 g/mol. The summed E-state index contributed by atoms with van der Waals surface area (Å²) in [5.74, 6) is 0.496. The topological polar surface area (TPSA) is 155 Å². The van der Waals surface area contributed by atoms with Gasteiger partial charge in [0.15, 0.2) is 5.84 Å². The minimum atomic E-state index is -3.35. The van der Waals surface area contributed by atoms with Gasteiger partial charge in [-0.1, -0.05) is 6.07 Å². The number of nitrogens with two attached hydrogens (primary N) is 1. The molecule has 0 saturated carbocycles. The molecule has 12 heteroatoms. The van der Waals surface area contributed by atoms with Crippen LogP contribution in [0.4, 0.5) is 5.69 Å². The van der Waals surface area contributed by atoms with Crippen molar-refractivity contribution >= 4 is 28.4 Å². The number of nitrogens with zero attached hydrogens (tertiary/aromatic N) is 4. The van der Waals surface area contributed by atoms with Gasteiger partial charge in [0.2, 0.25) is 0 Å². The summed E-state index contributed by atoms with van der Waals surface area (Å²) in [5, 5.41) is 0. The maximum absolute atomic E-state index is 12.8. The van der Waals surface area contributed by atoms with E-state index < -0.39 is 11.0 Å². The number of likely N-dealkylation sites (tertiary alicyclic amines) is 1. The molecule has 1 amide bonds. The van der Waals surface area contributed by atoms with Crippen LogP contribution in [-0.4, -0.2) is 62.5 Å². The van der Waals surface area contributed by atoms with Gasteiger partial charge >= 0.3 is 6.01 Å². The van der Waals surface area contributed by atoms with Gasteiger partial charge in [0.05, 0.1) is 30.5 Å². The molecule has 1 aromatic carbocycles. The first-order valence-electron chi connectivity index (χ1n) is 9.69. The van der Waals surface area contributed by atoms with Gasteiger partial charge in [0.1, 0.15) is 5.75 Å². The largest absolute Gasteiger partial charge is 0.492 e. The maximum atomic E-state index is 12.8. The summed E-state index contributed by atoms with van der Waals surface area (Å²) in [7, 11) is -1.88. The lowest BCUT2D eigenvalue weighted by Gasteiger charge is -2.34. The van der Waals surface area contributed by atoms with Crippen LogP contribution in [0.1, 0.15) is 28.8 Å². The summed E-state index contributed by atoms with van der Waals surface area (Å²) in [6, 6.07) is 5.37.